The van der Waals surface area contributed by atoms with Crippen molar-refractivity contribution in [1.82, 2.24) is 10.6 Å². The monoisotopic (exact) mass is 561 g/mol. The molecule has 0 radical (unpaired) electrons. The molecule has 3 aliphatic rings. The molecule has 8 nitrogen and oxygen atoms in total. The standard InChI is InChI=1S/C26H35N5O3S3/c1-16(32)19(20(33)27-5)28-21(34)24(2)13-36-23(30-24)26(4)15-37-22(31-26)25(3)14-35-18(29-25)12-11-17-9-7-6-8-10-17/h6-10,16,19,32H,11-15H2,1-5H3,(H,27,33)(H,28,34)/t16-,19-,24-,25-,26-/m0/s1. The third-order valence-corrected chi connectivity index (χ3v) is 11.1. The summed E-state index contributed by atoms with van der Waals surface area (Å²) in [7, 11) is 1.47. The molecule has 5 atom stereocenters. The van der Waals surface area contributed by atoms with Crippen LogP contribution in [-0.2, 0) is 16.0 Å². The molecular formula is C26H35N5O3S3. The fourth-order valence-electron chi connectivity index (χ4n) is 4.33. The summed E-state index contributed by atoms with van der Waals surface area (Å²) in [5.41, 5.74) is -0.591. The Balaban J connectivity index is 1.46. The Morgan fingerprint density at radius 1 is 0.946 bits per heavy atom. The van der Waals surface area contributed by atoms with Gasteiger partial charge >= 0.3 is 0 Å². The number of aryl methyl sites for hydroxylation is 1. The van der Waals surface area contributed by atoms with Crippen LogP contribution < -0.4 is 10.6 Å². The van der Waals surface area contributed by atoms with Crippen LogP contribution in [0.25, 0.3) is 0 Å². The van der Waals surface area contributed by atoms with E-state index in [1.165, 1.54) is 36.3 Å². The van der Waals surface area contributed by atoms with E-state index < -0.39 is 29.1 Å². The molecule has 0 aliphatic carbocycles. The minimum absolute atomic E-state index is 0.346. The molecular weight excluding hydrogens is 527 g/mol. The van der Waals surface area contributed by atoms with Crippen LogP contribution in [0.3, 0.4) is 0 Å². The molecule has 11 heteroatoms. The quantitative estimate of drug-likeness (QED) is 0.427. The molecule has 200 valence electrons. The van der Waals surface area contributed by atoms with Crippen molar-refractivity contribution in [3.63, 3.8) is 0 Å². The van der Waals surface area contributed by atoms with E-state index in [1.54, 1.807) is 18.7 Å². The van der Waals surface area contributed by atoms with Gasteiger partial charge in [0.2, 0.25) is 11.8 Å². The van der Waals surface area contributed by atoms with Crippen LogP contribution in [0.15, 0.2) is 45.3 Å². The highest BCUT2D eigenvalue weighted by Gasteiger charge is 2.49. The first kappa shape index (κ1) is 28.2. The van der Waals surface area contributed by atoms with E-state index in [-0.39, 0.29) is 11.4 Å². The molecule has 0 aromatic heterocycles. The summed E-state index contributed by atoms with van der Waals surface area (Å²) in [5.74, 6) is 1.25. The van der Waals surface area contributed by atoms with E-state index in [0.29, 0.717) is 5.75 Å². The maximum absolute atomic E-state index is 13.1. The van der Waals surface area contributed by atoms with Crippen molar-refractivity contribution in [2.75, 3.05) is 24.3 Å². The lowest BCUT2D eigenvalue weighted by Crippen LogP contribution is -2.56. The van der Waals surface area contributed by atoms with Gasteiger partial charge in [0.25, 0.3) is 0 Å². The summed E-state index contributed by atoms with van der Waals surface area (Å²) < 4.78 is 0. The predicted octanol–water partition coefficient (Wildman–Crippen LogP) is 2.94. The first-order chi connectivity index (χ1) is 17.5. The largest absolute Gasteiger partial charge is 0.391 e. The number of amides is 2. The smallest absolute Gasteiger partial charge is 0.249 e. The Kier molecular flexibility index (Phi) is 8.47. The second-order valence-corrected chi connectivity index (χ2v) is 13.3. The summed E-state index contributed by atoms with van der Waals surface area (Å²) >= 11 is 5.08. The molecule has 0 saturated heterocycles. The number of hydrogen-bond donors (Lipinski definition) is 3. The van der Waals surface area contributed by atoms with Crippen molar-refractivity contribution in [1.29, 1.82) is 0 Å². The van der Waals surface area contributed by atoms with E-state index in [1.807, 2.05) is 17.8 Å². The van der Waals surface area contributed by atoms with Gasteiger partial charge in [0.1, 0.15) is 22.7 Å². The van der Waals surface area contributed by atoms with Gasteiger partial charge < -0.3 is 15.7 Å². The summed E-state index contributed by atoms with van der Waals surface area (Å²) in [6, 6.07) is 9.44. The predicted molar refractivity (Wildman–Crippen MR) is 157 cm³/mol. The number of aliphatic hydroxyl groups excluding tert-OH is 1. The number of nitrogens with zero attached hydrogens (tertiary/aromatic N) is 3. The van der Waals surface area contributed by atoms with Gasteiger partial charge in [0, 0.05) is 24.3 Å². The Morgan fingerprint density at radius 3 is 2.24 bits per heavy atom. The molecule has 3 heterocycles. The lowest BCUT2D eigenvalue weighted by Gasteiger charge is -2.25. The molecule has 0 bridgehead atoms. The van der Waals surface area contributed by atoms with Crippen molar-refractivity contribution in [3.8, 4) is 0 Å². The summed E-state index contributed by atoms with van der Waals surface area (Å²) in [6.07, 6.45) is 0.882. The maximum atomic E-state index is 13.1. The average molecular weight is 562 g/mol. The third kappa shape index (κ3) is 6.10. The second-order valence-electron chi connectivity index (χ2n) is 10.3. The molecule has 3 N–H and O–H groups in total. The fourth-order valence-corrected chi connectivity index (χ4v) is 8.29. The summed E-state index contributed by atoms with van der Waals surface area (Å²) in [6.45, 7) is 7.46. The number of nitrogens with one attached hydrogen (secondary N) is 2. The Hall–Kier alpha value is -1.82. The van der Waals surface area contributed by atoms with Gasteiger partial charge in [-0.3, -0.25) is 24.6 Å². The van der Waals surface area contributed by atoms with Crippen LogP contribution in [0.1, 0.15) is 39.7 Å². The molecule has 4 rings (SSSR count). The van der Waals surface area contributed by atoms with Gasteiger partial charge in [-0.2, -0.15) is 0 Å². The minimum Gasteiger partial charge on any atom is -0.391 e. The zero-order valence-corrected chi connectivity index (χ0v) is 24.4. The van der Waals surface area contributed by atoms with Gasteiger partial charge in [0.15, 0.2) is 0 Å². The summed E-state index contributed by atoms with van der Waals surface area (Å²) in [5, 5.41) is 18.1. The van der Waals surface area contributed by atoms with Crippen LogP contribution in [0.2, 0.25) is 0 Å². The Bertz CT molecular complexity index is 1140. The number of hydrogen-bond acceptors (Lipinski definition) is 9. The van der Waals surface area contributed by atoms with Crippen LogP contribution >= 0.6 is 35.3 Å². The number of aliphatic imine (C=N–C) groups is 3. The lowest BCUT2D eigenvalue weighted by molar-refractivity contribution is -0.133. The summed E-state index contributed by atoms with van der Waals surface area (Å²) in [4.78, 5) is 40.3. The van der Waals surface area contributed by atoms with Crippen molar-refractivity contribution >= 4 is 62.2 Å². The highest BCUT2D eigenvalue weighted by Crippen LogP contribution is 2.44. The molecule has 0 fully saturated rings. The number of carbonyl (C=O) groups excluding carboxylic acids is 2. The van der Waals surface area contributed by atoms with Gasteiger partial charge in [-0.1, -0.05) is 30.3 Å². The third-order valence-electron chi connectivity index (χ3n) is 6.75. The zero-order valence-electron chi connectivity index (χ0n) is 21.9. The highest BCUT2D eigenvalue weighted by atomic mass is 32.2. The highest BCUT2D eigenvalue weighted by molar-refractivity contribution is 8.17. The molecule has 1 aromatic rings. The molecule has 0 unspecified atom stereocenters. The normalized spacial score (nSPS) is 30.8. The molecule has 37 heavy (non-hydrogen) atoms. The Morgan fingerprint density at radius 2 is 1.57 bits per heavy atom. The van der Waals surface area contributed by atoms with Crippen molar-refractivity contribution in [2.24, 2.45) is 15.0 Å². The number of benzene rings is 1. The number of carbonyl (C=O) groups is 2. The number of thioether (sulfide) groups is 3. The zero-order chi connectivity index (χ0) is 26.8. The van der Waals surface area contributed by atoms with Gasteiger partial charge in [-0.05, 0) is 46.1 Å². The number of rotatable bonds is 9. The van der Waals surface area contributed by atoms with Crippen LogP contribution in [-0.4, -0.2) is 85.1 Å². The van der Waals surface area contributed by atoms with Crippen LogP contribution in [0.5, 0.6) is 0 Å². The molecule has 0 spiro atoms. The Labute approximate surface area is 231 Å². The molecule has 1 aromatic carbocycles. The second kappa shape index (κ2) is 11.1. The molecule has 2 amide bonds. The average Bonchev–Trinajstić information content (AvgIpc) is 3.60. The van der Waals surface area contributed by atoms with E-state index in [9.17, 15) is 14.7 Å². The van der Waals surface area contributed by atoms with Gasteiger partial charge in [-0.25, -0.2) is 0 Å². The molecule has 0 saturated carbocycles. The minimum atomic E-state index is -1.04. The van der Waals surface area contributed by atoms with Crippen LogP contribution in [0, 0.1) is 0 Å². The SMILES string of the molecule is CNC(=O)[C@@H](NC(=O)[C@]1(C)CSC([C@]2(C)CSC([C@]3(C)CSC(CCc4ccccc4)=N3)=N2)=N1)[C@H](C)O. The van der Waals surface area contributed by atoms with E-state index in [0.717, 1.165) is 34.4 Å². The first-order valence-corrected chi connectivity index (χ1v) is 15.4. The van der Waals surface area contributed by atoms with Crippen LogP contribution in [0.4, 0.5) is 0 Å². The topological polar surface area (TPSA) is 116 Å². The van der Waals surface area contributed by atoms with Crippen molar-refractivity contribution < 1.29 is 14.7 Å². The van der Waals surface area contributed by atoms with E-state index in [4.69, 9.17) is 15.0 Å². The van der Waals surface area contributed by atoms with Gasteiger partial charge in [0.05, 0.1) is 21.2 Å². The maximum Gasteiger partial charge on any atom is 0.249 e. The lowest BCUT2D eigenvalue weighted by atomic mass is 10.0. The van der Waals surface area contributed by atoms with E-state index in [2.05, 4.69) is 48.7 Å². The van der Waals surface area contributed by atoms with Crippen molar-refractivity contribution in [2.45, 2.75) is 69.3 Å². The van der Waals surface area contributed by atoms with Crippen molar-refractivity contribution in [3.05, 3.63) is 35.9 Å². The number of aliphatic hydroxyl groups is 1. The van der Waals surface area contributed by atoms with Gasteiger partial charge in [-0.15, -0.1) is 35.3 Å². The first-order valence-electron chi connectivity index (χ1n) is 12.4. The number of likely N-dealkylation sites (N-methyl/N-ethyl adjacent to an activating group) is 1. The van der Waals surface area contributed by atoms with E-state index >= 15 is 0 Å². The fraction of sp³-hybridized carbons (Fsp3) is 0.577. The molecule has 3 aliphatic heterocycles.